The van der Waals surface area contributed by atoms with E-state index in [-0.39, 0.29) is 11.4 Å². The average Bonchev–Trinajstić information content (AvgIpc) is 3.07. The van der Waals surface area contributed by atoms with Gasteiger partial charge in [0.2, 0.25) is 0 Å². The van der Waals surface area contributed by atoms with Crippen LogP contribution in [0.3, 0.4) is 0 Å². The third-order valence-corrected chi connectivity index (χ3v) is 5.45. The van der Waals surface area contributed by atoms with E-state index in [4.69, 9.17) is 4.74 Å². The van der Waals surface area contributed by atoms with Gasteiger partial charge in [-0.3, -0.25) is 9.69 Å². The number of methoxy groups -OCH3 is 1. The van der Waals surface area contributed by atoms with Crippen molar-refractivity contribution in [1.29, 1.82) is 0 Å². The highest BCUT2D eigenvalue weighted by atomic mass is 16.5. The largest absolute Gasteiger partial charge is 0.385 e. The van der Waals surface area contributed by atoms with Crippen LogP contribution in [0, 0.1) is 0 Å². The van der Waals surface area contributed by atoms with Crippen LogP contribution in [0.1, 0.15) is 35.3 Å². The van der Waals surface area contributed by atoms with Crippen LogP contribution in [-0.4, -0.2) is 47.7 Å². The van der Waals surface area contributed by atoms with Gasteiger partial charge in [0.15, 0.2) is 0 Å². The molecule has 0 bridgehead atoms. The first kappa shape index (κ1) is 18.7. The summed E-state index contributed by atoms with van der Waals surface area (Å²) < 4.78 is 7.49. The number of nitrogens with zero attached hydrogens (tertiary/aromatic N) is 2. The molecule has 1 fully saturated rings. The van der Waals surface area contributed by atoms with Gasteiger partial charge in [0.25, 0.3) is 5.91 Å². The van der Waals surface area contributed by atoms with Crippen molar-refractivity contribution >= 4 is 5.91 Å². The maximum absolute atomic E-state index is 12.7. The van der Waals surface area contributed by atoms with Crippen LogP contribution < -0.4 is 5.32 Å². The molecule has 3 rings (SSSR count). The van der Waals surface area contributed by atoms with E-state index in [2.05, 4.69) is 40.2 Å². The molecule has 1 amide bonds. The van der Waals surface area contributed by atoms with E-state index < -0.39 is 0 Å². The molecule has 0 radical (unpaired) electrons. The van der Waals surface area contributed by atoms with Crippen molar-refractivity contribution in [2.75, 3.05) is 26.8 Å². The Bertz CT molecular complexity index is 703. The number of rotatable bonds is 7. The Labute approximate surface area is 156 Å². The molecule has 1 aliphatic rings. The third-order valence-electron chi connectivity index (χ3n) is 5.45. The van der Waals surface area contributed by atoms with Crippen molar-refractivity contribution in [3.63, 3.8) is 0 Å². The van der Waals surface area contributed by atoms with E-state index in [1.165, 1.54) is 5.69 Å². The van der Waals surface area contributed by atoms with Gasteiger partial charge in [0.05, 0.1) is 0 Å². The minimum atomic E-state index is -0.187. The zero-order valence-electron chi connectivity index (χ0n) is 15.8. The molecule has 0 saturated carbocycles. The highest BCUT2D eigenvalue weighted by Crippen LogP contribution is 2.27. The lowest BCUT2D eigenvalue weighted by molar-refractivity contribution is 0.0687. The Morgan fingerprint density at radius 2 is 1.88 bits per heavy atom. The fourth-order valence-electron chi connectivity index (χ4n) is 3.67. The first-order valence-electron chi connectivity index (χ1n) is 9.31. The van der Waals surface area contributed by atoms with E-state index in [1.807, 2.05) is 30.3 Å². The Balaban J connectivity index is 1.63. The zero-order chi connectivity index (χ0) is 18.4. The predicted molar refractivity (Wildman–Crippen MR) is 103 cm³/mol. The van der Waals surface area contributed by atoms with Gasteiger partial charge in [-0.15, -0.1) is 0 Å². The SMILES string of the molecule is COCCC1(NC(=O)c2ccccc2)CCN(Cc2cccn2C)CC1. The number of hydrogen-bond donors (Lipinski definition) is 1. The predicted octanol–water partition coefficient (Wildman–Crippen LogP) is 2.83. The van der Waals surface area contributed by atoms with Gasteiger partial charge in [-0.1, -0.05) is 18.2 Å². The van der Waals surface area contributed by atoms with Crippen LogP contribution in [-0.2, 0) is 18.3 Å². The summed E-state index contributed by atoms with van der Waals surface area (Å²) in [6, 6.07) is 13.7. The number of carbonyl (C=O) groups excluding carboxylic acids is 1. The maximum atomic E-state index is 12.7. The first-order chi connectivity index (χ1) is 12.6. The van der Waals surface area contributed by atoms with E-state index in [9.17, 15) is 4.79 Å². The molecular weight excluding hydrogens is 326 g/mol. The smallest absolute Gasteiger partial charge is 0.251 e. The maximum Gasteiger partial charge on any atom is 0.251 e. The van der Waals surface area contributed by atoms with Crippen molar-refractivity contribution in [2.24, 2.45) is 7.05 Å². The van der Waals surface area contributed by atoms with Crippen LogP contribution in [0.2, 0.25) is 0 Å². The zero-order valence-corrected chi connectivity index (χ0v) is 15.8. The first-order valence-corrected chi connectivity index (χ1v) is 9.31. The van der Waals surface area contributed by atoms with Crippen LogP contribution in [0.4, 0.5) is 0 Å². The number of piperidine rings is 1. The second kappa shape index (κ2) is 8.52. The lowest BCUT2D eigenvalue weighted by Crippen LogP contribution is -2.55. The van der Waals surface area contributed by atoms with Crippen molar-refractivity contribution in [3.05, 3.63) is 59.9 Å². The Morgan fingerprint density at radius 1 is 1.15 bits per heavy atom. The third kappa shape index (κ3) is 4.54. The number of nitrogens with one attached hydrogen (secondary N) is 1. The number of aromatic nitrogens is 1. The molecule has 0 aliphatic carbocycles. The van der Waals surface area contributed by atoms with Gasteiger partial charge in [0.1, 0.15) is 0 Å². The molecular formula is C21H29N3O2. The molecule has 5 heteroatoms. The summed E-state index contributed by atoms with van der Waals surface area (Å²) in [6.45, 7) is 3.57. The van der Waals surface area contributed by atoms with Gasteiger partial charge >= 0.3 is 0 Å². The van der Waals surface area contributed by atoms with E-state index in [1.54, 1.807) is 7.11 Å². The number of hydrogen-bond acceptors (Lipinski definition) is 3. The summed E-state index contributed by atoms with van der Waals surface area (Å²) >= 11 is 0. The van der Waals surface area contributed by atoms with Gasteiger partial charge in [0, 0.05) is 63.4 Å². The van der Waals surface area contributed by atoms with Crippen LogP contribution >= 0.6 is 0 Å². The topological polar surface area (TPSA) is 46.5 Å². The number of ether oxygens (including phenoxy) is 1. The molecule has 1 saturated heterocycles. The van der Waals surface area contributed by atoms with Gasteiger partial charge < -0.3 is 14.6 Å². The molecule has 1 aromatic carbocycles. The standard InChI is InChI=1S/C21H29N3O2/c1-23-13-6-9-19(23)17-24-14-10-21(11-15-24,12-16-26-2)22-20(25)18-7-4-3-5-8-18/h3-9,13H,10-12,14-17H2,1-2H3,(H,22,25). The average molecular weight is 355 g/mol. The van der Waals surface area contributed by atoms with Crippen LogP contribution in [0.25, 0.3) is 0 Å². The van der Waals surface area contributed by atoms with Crippen molar-refractivity contribution in [1.82, 2.24) is 14.8 Å². The number of benzene rings is 1. The van der Waals surface area contributed by atoms with Crippen LogP contribution in [0.5, 0.6) is 0 Å². The minimum Gasteiger partial charge on any atom is -0.385 e. The van der Waals surface area contributed by atoms with Crippen molar-refractivity contribution < 1.29 is 9.53 Å². The monoisotopic (exact) mass is 355 g/mol. The molecule has 0 spiro atoms. The Kier molecular flexibility index (Phi) is 6.12. The lowest BCUT2D eigenvalue weighted by atomic mass is 9.84. The van der Waals surface area contributed by atoms with E-state index in [0.717, 1.165) is 44.5 Å². The quantitative estimate of drug-likeness (QED) is 0.831. The number of aryl methyl sites for hydroxylation is 1. The second-order valence-electron chi connectivity index (χ2n) is 7.23. The summed E-state index contributed by atoms with van der Waals surface area (Å²) in [6.07, 6.45) is 4.82. The molecule has 140 valence electrons. The summed E-state index contributed by atoms with van der Waals surface area (Å²) in [5.41, 5.74) is 1.85. The van der Waals surface area contributed by atoms with Crippen molar-refractivity contribution in [3.8, 4) is 0 Å². The fraction of sp³-hybridized carbons (Fsp3) is 0.476. The Morgan fingerprint density at radius 3 is 2.50 bits per heavy atom. The molecule has 0 unspecified atom stereocenters. The normalized spacial score (nSPS) is 17.2. The molecule has 2 heterocycles. The molecule has 1 N–H and O–H groups in total. The number of likely N-dealkylation sites (tertiary alicyclic amines) is 1. The van der Waals surface area contributed by atoms with E-state index >= 15 is 0 Å². The van der Waals surface area contributed by atoms with Gasteiger partial charge in [-0.25, -0.2) is 0 Å². The second-order valence-corrected chi connectivity index (χ2v) is 7.23. The molecule has 1 aromatic heterocycles. The van der Waals surface area contributed by atoms with Crippen molar-refractivity contribution in [2.45, 2.75) is 31.3 Å². The van der Waals surface area contributed by atoms with Gasteiger partial charge in [-0.05, 0) is 43.5 Å². The lowest BCUT2D eigenvalue weighted by Gasteiger charge is -2.42. The summed E-state index contributed by atoms with van der Waals surface area (Å²) in [4.78, 5) is 15.2. The summed E-state index contributed by atoms with van der Waals surface area (Å²) in [7, 11) is 3.81. The minimum absolute atomic E-state index is 0.0117. The fourth-order valence-corrected chi connectivity index (χ4v) is 3.67. The van der Waals surface area contributed by atoms with E-state index in [0.29, 0.717) is 6.61 Å². The molecule has 1 aliphatic heterocycles. The summed E-state index contributed by atoms with van der Waals surface area (Å²) in [5, 5.41) is 3.32. The van der Waals surface area contributed by atoms with Crippen LogP contribution in [0.15, 0.2) is 48.7 Å². The highest BCUT2D eigenvalue weighted by molar-refractivity contribution is 5.94. The highest BCUT2D eigenvalue weighted by Gasteiger charge is 2.36. The number of amides is 1. The summed E-state index contributed by atoms with van der Waals surface area (Å²) in [5.74, 6) is 0.0117. The molecule has 5 nitrogen and oxygen atoms in total. The number of carbonyl (C=O) groups is 1. The molecule has 0 atom stereocenters. The molecule has 2 aromatic rings. The van der Waals surface area contributed by atoms with Gasteiger partial charge in [-0.2, -0.15) is 0 Å². The Hall–Kier alpha value is -2.11. The molecule has 26 heavy (non-hydrogen) atoms.